The van der Waals surface area contributed by atoms with Gasteiger partial charge in [0.15, 0.2) is 11.5 Å². The predicted molar refractivity (Wildman–Crippen MR) is 64.6 cm³/mol. The smallest absolute Gasteiger partial charge is 0.198 e. The molecule has 0 amide bonds. The zero-order valence-corrected chi connectivity index (χ0v) is 10.1. The molecule has 0 fully saturated rings. The van der Waals surface area contributed by atoms with Gasteiger partial charge in [-0.25, -0.2) is 9.02 Å². The zero-order valence-electron chi connectivity index (χ0n) is 9.30. The van der Waals surface area contributed by atoms with Crippen molar-refractivity contribution in [3.8, 4) is 22.5 Å². The number of rotatable bonds is 2. The van der Waals surface area contributed by atoms with Crippen molar-refractivity contribution in [2.45, 2.75) is 0 Å². The Labute approximate surface area is 110 Å². The first-order chi connectivity index (χ1) is 9.16. The Bertz CT molecular complexity index is 740. The van der Waals surface area contributed by atoms with Crippen LogP contribution in [-0.4, -0.2) is 15.5 Å². The van der Waals surface area contributed by atoms with Gasteiger partial charge >= 0.3 is 0 Å². The number of hydrogen-bond acceptors (Lipinski definition) is 6. The molecule has 1 aromatic carbocycles. The summed E-state index contributed by atoms with van der Waals surface area (Å²) in [6.45, 7) is 0. The Morgan fingerprint density at radius 2 is 2.00 bits per heavy atom. The second-order valence-electron chi connectivity index (χ2n) is 3.70. The second-order valence-corrected chi connectivity index (χ2v) is 4.11. The fourth-order valence-electron chi connectivity index (χ4n) is 1.64. The van der Waals surface area contributed by atoms with E-state index >= 15 is 0 Å². The Balaban J connectivity index is 2.14. The lowest BCUT2D eigenvalue weighted by Gasteiger charge is -2.00. The Morgan fingerprint density at radius 3 is 2.68 bits per heavy atom. The van der Waals surface area contributed by atoms with Gasteiger partial charge in [-0.15, -0.1) is 0 Å². The summed E-state index contributed by atoms with van der Waals surface area (Å²) < 4.78 is 22.6. The van der Waals surface area contributed by atoms with Crippen molar-refractivity contribution in [2.24, 2.45) is 0 Å². The van der Waals surface area contributed by atoms with Crippen molar-refractivity contribution in [3.63, 3.8) is 0 Å². The fraction of sp³-hybridized carbons (Fsp3) is 0. The summed E-state index contributed by atoms with van der Waals surface area (Å²) in [4.78, 5) is 0. The van der Waals surface area contributed by atoms with Crippen LogP contribution in [0.3, 0.4) is 0 Å². The van der Waals surface area contributed by atoms with Gasteiger partial charge in [-0.1, -0.05) is 22.8 Å². The van der Waals surface area contributed by atoms with Crippen molar-refractivity contribution >= 4 is 17.4 Å². The van der Waals surface area contributed by atoms with Crippen molar-refractivity contribution < 1.29 is 13.5 Å². The summed E-state index contributed by atoms with van der Waals surface area (Å²) in [5.74, 6) is -0.422. The topological polar surface area (TPSA) is 91.0 Å². The number of hydrogen-bond donors (Lipinski definition) is 1. The van der Waals surface area contributed by atoms with Gasteiger partial charge in [0.05, 0.1) is 10.6 Å². The SMILES string of the molecule is Nc1nonc1-c1nocc1-c1ccc(F)c(Cl)c1. The monoisotopic (exact) mass is 280 g/mol. The first kappa shape index (κ1) is 11.7. The molecule has 0 saturated carbocycles. The molecule has 0 saturated heterocycles. The molecule has 96 valence electrons. The van der Waals surface area contributed by atoms with Crippen LogP contribution in [0.2, 0.25) is 5.02 Å². The number of aromatic nitrogens is 3. The highest BCUT2D eigenvalue weighted by atomic mass is 35.5. The van der Waals surface area contributed by atoms with Crippen LogP contribution < -0.4 is 5.73 Å². The third kappa shape index (κ3) is 1.93. The minimum Gasteiger partial charge on any atom is -0.379 e. The summed E-state index contributed by atoms with van der Waals surface area (Å²) in [6, 6.07) is 4.25. The summed E-state index contributed by atoms with van der Waals surface area (Å²) >= 11 is 5.74. The lowest BCUT2D eigenvalue weighted by molar-refractivity contribution is 0.310. The number of anilines is 1. The van der Waals surface area contributed by atoms with Gasteiger partial charge in [0.1, 0.15) is 17.8 Å². The summed E-state index contributed by atoms with van der Waals surface area (Å²) in [5, 5.41) is 10.9. The van der Waals surface area contributed by atoms with E-state index in [1.807, 2.05) is 0 Å². The molecular formula is C11H6ClFN4O2. The molecule has 2 heterocycles. The molecule has 0 aliphatic carbocycles. The van der Waals surface area contributed by atoms with Gasteiger partial charge in [-0.3, -0.25) is 0 Å². The summed E-state index contributed by atoms with van der Waals surface area (Å²) in [5.41, 5.74) is 7.38. The third-order valence-corrected chi connectivity index (χ3v) is 2.83. The molecule has 0 unspecified atom stereocenters. The van der Waals surface area contributed by atoms with Gasteiger partial charge in [0, 0.05) is 0 Å². The van der Waals surface area contributed by atoms with Crippen molar-refractivity contribution in [1.29, 1.82) is 0 Å². The van der Waals surface area contributed by atoms with Gasteiger partial charge in [0.2, 0.25) is 0 Å². The number of nitrogens with zero attached hydrogens (tertiary/aromatic N) is 3. The van der Waals surface area contributed by atoms with E-state index in [1.54, 1.807) is 6.07 Å². The average molecular weight is 281 g/mol. The highest BCUT2D eigenvalue weighted by Crippen LogP contribution is 2.33. The quantitative estimate of drug-likeness (QED) is 0.776. The maximum Gasteiger partial charge on any atom is 0.198 e. The fourth-order valence-corrected chi connectivity index (χ4v) is 1.82. The molecule has 3 aromatic rings. The van der Waals surface area contributed by atoms with Crippen molar-refractivity contribution in [3.05, 3.63) is 35.3 Å². The van der Waals surface area contributed by atoms with Crippen LogP contribution in [-0.2, 0) is 0 Å². The van der Waals surface area contributed by atoms with Crippen LogP contribution >= 0.6 is 11.6 Å². The lowest BCUT2D eigenvalue weighted by atomic mass is 10.1. The van der Waals surface area contributed by atoms with E-state index in [0.29, 0.717) is 16.8 Å². The zero-order chi connectivity index (χ0) is 13.4. The maximum absolute atomic E-state index is 13.2. The van der Waals surface area contributed by atoms with E-state index in [9.17, 15) is 4.39 Å². The Kier molecular flexibility index (Phi) is 2.68. The normalized spacial score (nSPS) is 10.8. The van der Waals surface area contributed by atoms with Gasteiger partial charge < -0.3 is 10.3 Å². The standard InChI is InChI=1S/C11H6ClFN4O2/c12-7-3-5(1-2-8(7)13)6-4-18-15-9(6)10-11(14)17-19-16-10/h1-4H,(H2,14,17). The van der Waals surface area contributed by atoms with Crippen LogP contribution in [0.5, 0.6) is 0 Å². The summed E-state index contributed by atoms with van der Waals surface area (Å²) in [7, 11) is 0. The van der Waals surface area contributed by atoms with Gasteiger partial charge in [-0.05, 0) is 28.0 Å². The van der Waals surface area contributed by atoms with Crippen LogP contribution in [0.25, 0.3) is 22.5 Å². The molecule has 0 atom stereocenters. The molecule has 3 rings (SSSR count). The second kappa shape index (κ2) is 4.36. The molecule has 6 nitrogen and oxygen atoms in total. The summed E-state index contributed by atoms with van der Waals surface area (Å²) in [6.07, 6.45) is 1.38. The largest absolute Gasteiger partial charge is 0.379 e. The maximum atomic E-state index is 13.2. The van der Waals surface area contributed by atoms with Gasteiger partial charge in [-0.2, -0.15) is 0 Å². The highest BCUT2D eigenvalue weighted by Gasteiger charge is 2.19. The molecule has 19 heavy (non-hydrogen) atoms. The molecule has 2 aromatic heterocycles. The van der Waals surface area contributed by atoms with E-state index in [0.717, 1.165) is 0 Å². The van der Waals surface area contributed by atoms with E-state index in [4.69, 9.17) is 21.9 Å². The van der Waals surface area contributed by atoms with Crippen molar-refractivity contribution in [2.75, 3.05) is 5.73 Å². The third-order valence-electron chi connectivity index (χ3n) is 2.54. The molecule has 2 N–H and O–H groups in total. The molecule has 0 radical (unpaired) electrons. The first-order valence-electron chi connectivity index (χ1n) is 5.15. The molecule has 0 spiro atoms. The number of nitrogens with two attached hydrogens (primary N) is 1. The van der Waals surface area contributed by atoms with Crippen LogP contribution in [0, 0.1) is 5.82 Å². The van der Waals surface area contributed by atoms with E-state index in [-0.39, 0.29) is 16.5 Å². The lowest BCUT2D eigenvalue weighted by Crippen LogP contribution is -1.90. The van der Waals surface area contributed by atoms with Crippen LogP contribution in [0.15, 0.2) is 33.6 Å². The molecular weight excluding hydrogens is 275 g/mol. The van der Waals surface area contributed by atoms with E-state index in [2.05, 4.69) is 20.1 Å². The highest BCUT2D eigenvalue weighted by molar-refractivity contribution is 6.31. The van der Waals surface area contributed by atoms with E-state index < -0.39 is 5.82 Å². The van der Waals surface area contributed by atoms with E-state index in [1.165, 1.54) is 18.4 Å². The van der Waals surface area contributed by atoms with Crippen molar-refractivity contribution in [1.82, 2.24) is 15.5 Å². The predicted octanol–water partition coefficient (Wildman–Crippen LogP) is 2.77. The van der Waals surface area contributed by atoms with Gasteiger partial charge in [0.25, 0.3) is 0 Å². The molecule has 0 bridgehead atoms. The number of benzene rings is 1. The Morgan fingerprint density at radius 1 is 1.16 bits per heavy atom. The average Bonchev–Trinajstić information content (AvgIpc) is 3.00. The minimum atomic E-state index is -0.508. The minimum absolute atomic E-state index is 0.00380. The first-order valence-corrected chi connectivity index (χ1v) is 5.53. The number of nitrogen functional groups attached to an aromatic ring is 1. The number of halogens is 2. The molecule has 8 heteroatoms. The molecule has 0 aliphatic heterocycles. The van der Waals surface area contributed by atoms with Crippen LogP contribution in [0.4, 0.5) is 10.2 Å². The molecule has 0 aliphatic rings. The Hall–Kier alpha value is -2.41. The van der Waals surface area contributed by atoms with Crippen LogP contribution in [0.1, 0.15) is 0 Å².